The number of ether oxygens (including phenoxy) is 4. The van der Waals surface area contributed by atoms with Gasteiger partial charge in [-0.3, -0.25) is 9.78 Å². The van der Waals surface area contributed by atoms with Gasteiger partial charge in [0.25, 0.3) is 5.91 Å². The molecule has 2 aromatic carbocycles. The molecule has 0 N–H and O–H groups in total. The van der Waals surface area contributed by atoms with Gasteiger partial charge in [-0.25, -0.2) is 4.79 Å². The molecule has 4 rings (SSSR count). The molecule has 1 unspecified atom stereocenters. The standard InChI is InChI=1S/C33H39F2N3O6/c1-41-28-19-26(20-29(42-2)30(28)43-3)33(34,35)31(39)38-18-10-15-27(38)23-44-32(40)37(22-25-12-5-4-6-13-25)17-8-7-11-24-14-9-16-36-21-24/h4-6,9,12-14,16,19-21,27H,7-8,10-11,15,17-18,22-23H2,1-3H3. The second-order valence-electron chi connectivity index (χ2n) is 10.6. The van der Waals surface area contributed by atoms with Crippen molar-refractivity contribution in [3.63, 3.8) is 0 Å². The van der Waals surface area contributed by atoms with Gasteiger partial charge >= 0.3 is 12.0 Å². The summed E-state index contributed by atoms with van der Waals surface area (Å²) in [6.45, 7) is 0.750. The lowest BCUT2D eigenvalue weighted by molar-refractivity contribution is -0.160. The maximum absolute atomic E-state index is 15.6. The summed E-state index contributed by atoms with van der Waals surface area (Å²) in [4.78, 5) is 33.4. The number of nitrogens with zero attached hydrogens (tertiary/aromatic N) is 3. The Bertz CT molecular complexity index is 1350. The predicted octanol–water partition coefficient (Wildman–Crippen LogP) is 5.85. The van der Waals surface area contributed by atoms with Crippen LogP contribution in [0, 0.1) is 0 Å². The SMILES string of the molecule is COc1cc(C(F)(F)C(=O)N2CCCC2COC(=O)N(CCCCc2cccnc2)Cc2ccccc2)cc(OC)c1OC. The van der Waals surface area contributed by atoms with Gasteiger partial charge in [0.1, 0.15) is 6.61 Å². The fraction of sp³-hybridized carbons (Fsp3) is 0.424. The Kier molecular flexibility index (Phi) is 11.3. The van der Waals surface area contributed by atoms with Crippen LogP contribution in [-0.2, 0) is 28.4 Å². The van der Waals surface area contributed by atoms with Gasteiger partial charge in [0, 0.05) is 37.6 Å². The molecule has 9 nitrogen and oxygen atoms in total. The lowest BCUT2D eigenvalue weighted by Crippen LogP contribution is -2.46. The Morgan fingerprint density at radius 1 is 0.977 bits per heavy atom. The molecule has 0 spiro atoms. The number of amides is 2. The molecule has 0 bridgehead atoms. The predicted molar refractivity (Wildman–Crippen MR) is 160 cm³/mol. The van der Waals surface area contributed by atoms with Crippen molar-refractivity contribution in [1.82, 2.24) is 14.8 Å². The molecular formula is C33H39F2N3O6. The maximum Gasteiger partial charge on any atom is 0.410 e. The summed E-state index contributed by atoms with van der Waals surface area (Å²) < 4.78 is 52.6. The molecule has 44 heavy (non-hydrogen) atoms. The second-order valence-corrected chi connectivity index (χ2v) is 10.6. The first kappa shape index (κ1) is 32.5. The Morgan fingerprint density at radius 2 is 1.68 bits per heavy atom. The molecule has 1 aliphatic rings. The van der Waals surface area contributed by atoms with Crippen LogP contribution < -0.4 is 14.2 Å². The van der Waals surface area contributed by atoms with E-state index < -0.39 is 29.5 Å². The Labute approximate surface area is 256 Å². The van der Waals surface area contributed by atoms with E-state index in [4.69, 9.17) is 18.9 Å². The van der Waals surface area contributed by atoms with Gasteiger partial charge in [-0.2, -0.15) is 8.78 Å². The normalized spacial score (nSPS) is 14.7. The summed E-state index contributed by atoms with van der Waals surface area (Å²) in [5, 5.41) is 0. The van der Waals surface area contributed by atoms with Crippen LogP contribution in [-0.4, -0.2) is 73.9 Å². The molecule has 1 aliphatic heterocycles. The van der Waals surface area contributed by atoms with Gasteiger partial charge in [0.05, 0.1) is 27.4 Å². The van der Waals surface area contributed by atoms with Crippen molar-refractivity contribution >= 4 is 12.0 Å². The largest absolute Gasteiger partial charge is 0.493 e. The van der Waals surface area contributed by atoms with Crippen molar-refractivity contribution in [3.05, 3.63) is 83.7 Å². The van der Waals surface area contributed by atoms with E-state index in [1.54, 1.807) is 11.1 Å². The highest BCUT2D eigenvalue weighted by Gasteiger charge is 2.48. The number of pyridine rings is 1. The monoisotopic (exact) mass is 611 g/mol. The average molecular weight is 612 g/mol. The van der Waals surface area contributed by atoms with Gasteiger partial charge in [0.15, 0.2) is 11.5 Å². The van der Waals surface area contributed by atoms with Crippen LogP contribution >= 0.6 is 0 Å². The number of aromatic nitrogens is 1. The van der Waals surface area contributed by atoms with E-state index in [1.807, 2.05) is 48.7 Å². The van der Waals surface area contributed by atoms with Crippen LogP contribution in [0.5, 0.6) is 17.2 Å². The molecule has 1 atom stereocenters. The van der Waals surface area contributed by atoms with Crippen LogP contribution in [0.1, 0.15) is 42.4 Å². The van der Waals surface area contributed by atoms with Gasteiger partial charge in [0.2, 0.25) is 5.75 Å². The quantitative estimate of drug-likeness (QED) is 0.211. The summed E-state index contributed by atoms with van der Waals surface area (Å²) in [6.07, 6.45) is 6.39. The molecule has 236 valence electrons. The zero-order valence-corrected chi connectivity index (χ0v) is 25.3. The number of likely N-dealkylation sites (tertiary alicyclic amines) is 1. The molecule has 1 aromatic heterocycles. The minimum Gasteiger partial charge on any atom is -0.493 e. The number of methoxy groups -OCH3 is 3. The van der Waals surface area contributed by atoms with Crippen LogP contribution in [0.4, 0.5) is 13.6 Å². The van der Waals surface area contributed by atoms with E-state index in [0.717, 1.165) is 47.4 Å². The number of halogens is 2. The molecule has 0 aliphatic carbocycles. The van der Waals surface area contributed by atoms with Crippen molar-refractivity contribution in [2.45, 2.75) is 50.6 Å². The first-order valence-electron chi connectivity index (χ1n) is 14.6. The average Bonchev–Trinajstić information content (AvgIpc) is 3.53. The van der Waals surface area contributed by atoms with Crippen LogP contribution in [0.15, 0.2) is 67.0 Å². The topological polar surface area (TPSA) is 90.4 Å². The number of carbonyl (C=O) groups excluding carboxylic acids is 2. The van der Waals surface area contributed by atoms with Crippen LogP contribution in [0.2, 0.25) is 0 Å². The third-order valence-electron chi connectivity index (χ3n) is 7.67. The van der Waals surface area contributed by atoms with Crippen molar-refractivity contribution in [1.29, 1.82) is 0 Å². The third kappa shape index (κ3) is 7.94. The summed E-state index contributed by atoms with van der Waals surface area (Å²) in [5.41, 5.74) is 1.48. The number of aryl methyl sites for hydroxylation is 1. The maximum atomic E-state index is 15.6. The molecule has 2 heterocycles. The number of unbranched alkanes of at least 4 members (excludes halogenated alkanes) is 1. The first-order chi connectivity index (χ1) is 21.3. The molecule has 1 fully saturated rings. The van der Waals surface area contributed by atoms with E-state index in [1.165, 1.54) is 21.3 Å². The first-order valence-corrected chi connectivity index (χ1v) is 14.6. The van der Waals surface area contributed by atoms with Gasteiger partial charge in [-0.1, -0.05) is 36.4 Å². The highest BCUT2D eigenvalue weighted by atomic mass is 19.3. The number of hydrogen-bond acceptors (Lipinski definition) is 7. The minimum atomic E-state index is -3.88. The summed E-state index contributed by atoms with van der Waals surface area (Å²) in [6, 6.07) is 14.9. The van der Waals surface area contributed by atoms with Gasteiger partial charge in [-0.15, -0.1) is 0 Å². The lowest BCUT2D eigenvalue weighted by Gasteiger charge is -2.30. The molecule has 11 heteroatoms. The minimum absolute atomic E-state index is 0.0140. The molecule has 0 radical (unpaired) electrons. The highest BCUT2D eigenvalue weighted by Crippen LogP contribution is 2.43. The zero-order chi connectivity index (χ0) is 31.5. The van der Waals surface area contributed by atoms with Crippen molar-refractivity contribution in [2.75, 3.05) is 41.0 Å². The molecule has 1 saturated heterocycles. The van der Waals surface area contributed by atoms with E-state index in [2.05, 4.69) is 4.98 Å². The van der Waals surface area contributed by atoms with E-state index in [0.29, 0.717) is 25.9 Å². The van der Waals surface area contributed by atoms with Gasteiger partial charge < -0.3 is 28.7 Å². The number of carbonyl (C=O) groups is 2. The van der Waals surface area contributed by atoms with Crippen molar-refractivity contribution < 1.29 is 37.3 Å². The van der Waals surface area contributed by atoms with Crippen LogP contribution in [0.25, 0.3) is 0 Å². The highest BCUT2D eigenvalue weighted by molar-refractivity contribution is 5.86. The van der Waals surface area contributed by atoms with E-state index in [-0.39, 0.29) is 30.4 Å². The smallest absolute Gasteiger partial charge is 0.410 e. The van der Waals surface area contributed by atoms with E-state index in [9.17, 15) is 9.59 Å². The molecule has 2 amide bonds. The number of benzene rings is 2. The summed E-state index contributed by atoms with van der Waals surface area (Å²) in [5.74, 6) is -5.08. The number of alkyl halides is 2. The fourth-order valence-electron chi connectivity index (χ4n) is 5.32. The third-order valence-corrected chi connectivity index (χ3v) is 7.67. The van der Waals surface area contributed by atoms with Crippen molar-refractivity contribution in [2.24, 2.45) is 0 Å². The molecule has 0 saturated carbocycles. The Morgan fingerprint density at radius 3 is 2.32 bits per heavy atom. The summed E-state index contributed by atoms with van der Waals surface area (Å²) in [7, 11) is 3.99. The summed E-state index contributed by atoms with van der Waals surface area (Å²) >= 11 is 0. The fourth-order valence-corrected chi connectivity index (χ4v) is 5.32. The van der Waals surface area contributed by atoms with E-state index >= 15 is 8.78 Å². The number of hydrogen-bond donors (Lipinski definition) is 0. The Balaban J connectivity index is 1.41. The zero-order valence-electron chi connectivity index (χ0n) is 25.3. The second kappa shape index (κ2) is 15.4. The molecule has 3 aromatic rings. The Hall–Kier alpha value is -4.41. The van der Waals surface area contributed by atoms with Crippen LogP contribution in [0.3, 0.4) is 0 Å². The van der Waals surface area contributed by atoms with Gasteiger partial charge in [-0.05, 0) is 61.4 Å². The number of rotatable bonds is 14. The lowest BCUT2D eigenvalue weighted by atomic mass is 10.0. The molecular weight excluding hydrogens is 572 g/mol. The van der Waals surface area contributed by atoms with Crippen molar-refractivity contribution in [3.8, 4) is 17.2 Å².